The first-order chi connectivity index (χ1) is 12.2. The minimum absolute atomic E-state index is 0.187. The second kappa shape index (κ2) is 8.60. The van der Waals surface area contributed by atoms with E-state index in [9.17, 15) is 13.2 Å². The third-order valence-corrected chi connectivity index (χ3v) is 5.10. The van der Waals surface area contributed by atoms with E-state index in [1.807, 2.05) is 0 Å². The Labute approximate surface area is 152 Å². The average molecular weight is 368 g/mol. The summed E-state index contributed by atoms with van der Waals surface area (Å²) in [6.45, 7) is 6.11. The monoisotopic (exact) mass is 368 g/mol. The Hall–Kier alpha value is -1.98. The first-order valence-corrected chi connectivity index (χ1v) is 9.09. The minimum atomic E-state index is -4.31. The Morgan fingerprint density at radius 1 is 1.15 bits per heavy atom. The van der Waals surface area contributed by atoms with Crippen molar-refractivity contribution in [1.82, 2.24) is 5.16 Å². The summed E-state index contributed by atoms with van der Waals surface area (Å²) >= 11 is 0. The molecule has 2 atom stereocenters. The van der Waals surface area contributed by atoms with E-state index in [-0.39, 0.29) is 5.92 Å². The van der Waals surface area contributed by atoms with Gasteiger partial charge in [-0.2, -0.15) is 13.2 Å². The van der Waals surface area contributed by atoms with Gasteiger partial charge < -0.3 is 10.3 Å². The van der Waals surface area contributed by atoms with E-state index in [1.165, 1.54) is 6.07 Å². The van der Waals surface area contributed by atoms with Gasteiger partial charge >= 0.3 is 6.18 Å². The van der Waals surface area contributed by atoms with E-state index in [4.69, 9.17) is 10.3 Å². The van der Waals surface area contributed by atoms with Crippen molar-refractivity contribution >= 4 is 5.88 Å². The SMILES string of the molecule is CCC(C)CCC(CCc1ccc(C(F)(F)F)cc1C)c1cc(N)on1. The lowest BCUT2D eigenvalue weighted by Gasteiger charge is -2.18. The molecule has 2 aromatic rings. The maximum Gasteiger partial charge on any atom is 0.416 e. The number of aromatic nitrogens is 1. The Balaban J connectivity index is 2.08. The van der Waals surface area contributed by atoms with Crippen LogP contribution in [0.15, 0.2) is 28.8 Å². The third kappa shape index (κ3) is 5.51. The molecule has 6 heteroatoms. The van der Waals surface area contributed by atoms with Crippen LogP contribution in [-0.4, -0.2) is 5.16 Å². The smallest absolute Gasteiger partial charge is 0.368 e. The summed E-state index contributed by atoms with van der Waals surface area (Å²) in [5.74, 6) is 1.10. The van der Waals surface area contributed by atoms with Gasteiger partial charge in [0.25, 0.3) is 0 Å². The van der Waals surface area contributed by atoms with Crippen molar-refractivity contribution < 1.29 is 17.7 Å². The molecule has 1 heterocycles. The second-order valence-electron chi connectivity index (χ2n) is 7.12. The molecule has 2 N–H and O–H groups in total. The highest BCUT2D eigenvalue weighted by Gasteiger charge is 2.30. The van der Waals surface area contributed by atoms with Crippen LogP contribution in [0.5, 0.6) is 0 Å². The lowest BCUT2D eigenvalue weighted by Crippen LogP contribution is -2.07. The zero-order valence-corrected chi connectivity index (χ0v) is 15.6. The molecule has 0 saturated carbocycles. The average Bonchev–Trinajstić information content (AvgIpc) is 3.01. The fourth-order valence-electron chi connectivity index (χ4n) is 3.11. The number of anilines is 1. The molecule has 0 aliphatic heterocycles. The topological polar surface area (TPSA) is 52.0 Å². The van der Waals surface area contributed by atoms with Crippen molar-refractivity contribution in [3.63, 3.8) is 0 Å². The number of alkyl halides is 3. The molecule has 2 unspecified atom stereocenters. The molecule has 0 bridgehead atoms. The van der Waals surface area contributed by atoms with E-state index in [2.05, 4.69) is 19.0 Å². The van der Waals surface area contributed by atoms with Crippen LogP contribution in [0.2, 0.25) is 0 Å². The number of aryl methyl sites for hydroxylation is 2. The highest BCUT2D eigenvalue weighted by atomic mass is 19.4. The maximum atomic E-state index is 12.8. The van der Waals surface area contributed by atoms with Crippen LogP contribution in [-0.2, 0) is 12.6 Å². The Bertz CT molecular complexity index is 709. The number of halogens is 3. The number of rotatable bonds is 8. The number of nitrogens with zero attached hydrogens (tertiary/aromatic N) is 1. The van der Waals surface area contributed by atoms with Gasteiger partial charge in [0.05, 0.1) is 11.3 Å². The van der Waals surface area contributed by atoms with Gasteiger partial charge in [-0.15, -0.1) is 0 Å². The summed E-state index contributed by atoms with van der Waals surface area (Å²) in [6.07, 6.45) is 0.336. The normalized spacial score (nSPS) is 14.4. The van der Waals surface area contributed by atoms with E-state index < -0.39 is 11.7 Å². The molecule has 0 radical (unpaired) electrons. The first kappa shape index (κ1) is 20.3. The molecular weight excluding hydrogens is 341 g/mol. The van der Waals surface area contributed by atoms with E-state index >= 15 is 0 Å². The molecule has 0 spiro atoms. The standard InChI is InChI=1S/C20H27F3N2O/c1-4-13(2)5-6-16(18-12-19(24)26-25-18)8-7-15-9-10-17(11-14(15)3)20(21,22)23/h9-13,16H,4-8,24H2,1-3H3. The number of nitrogens with two attached hydrogens (primary N) is 1. The Morgan fingerprint density at radius 3 is 2.42 bits per heavy atom. The highest BCUT2D eigenvalue weighted by Crippen LogP contribution is 2.32. The molecule has 3 nitrogen and oxygen atoms in total. The van der Waals surface area contributed by atoms with Gasteiger partial charge in [-0.05, 0) is 55.4 Å². The van der Waals surface area contributed by atoms with Crippen molar-refractivity contribution in [3.8, 4) is 0 Å². The zero-order valence-electron chi connectivity index (χ0n) is 15.6. The van der Waals surface area contributed by atoms with Crippen LogP contribution in [0.1, 0.15) is 67.8 Å². The number of hydrogen-bond acceptors (Lipinski definition) is 3. The molecule has 2 rings (SSSR count). The van der Waals surface area contributed by atoms with Gasteiger partial charge in [-0.1, -0.05) is 37.9 Å². The number of nitrogen functional groups attached to an aromatic ring is 1. The highest BCUT2D eigenvalue weighted by molar-refractivity contribution is 5.33. The summed E-state index contributed by atoms with van der Waals surface area (Å²) in [5, 5.41) is 4.05. The predicted octanol–water partition coefficient (Wildman–Crippen LogP) is 6.13. The second-order valence-corrected chi connectivity index (χ2v) is 7.12. The molecule has 26 heavy (non-hydrogen) atoms. The molecular formula is C20H27F3N2O. The summed E-state index contributed by atoms with van der Waals surface area (Å²) in [6, 6.07) is 5.71. The minimum Gasteiger partial charge on any atom is -0.368 e. The van der Waals surface area contributed by atoms with Crippen LogP contribution >= 0.6 is 0 Å². The number of benzene rings is 1. The quantitative estimate of drug-likeness (QED) is 0.610. The predicted molar refractivity (Wildman–Crippen MR) is 96.8 cm³/mol. The van der Waals surface area contributed by atoms with Crippen molar-refractivity contribution in [2.45, 2.75) is 65.0 Å². The molecule has 0 aliphatic carbocycles. The molecule has 0 aliphatic rings. The van der Waals surface area contributed by atoms with Crippen LogP contribution in [0.3, 0.4) is 0 Å². The fraction of sp³-hybridized carbons (Fsp3) is 0.550. The first-order valence-electron chi connectivity index (χ1n) is 9.09. The summed E-state index contributed by atoms with van der Waals surface area (Å²) in [4.78, 5) is 0. The lowest BCUT2D eigenvalue weighted by atomic mass is 9.88. The van der Waals surface area contributed by atoms with Crippen LogP contribution in [0.4, 0.5) is 19.1 Å². The van der Waals surface area contributed by atoms with Gasteiger partial charge in [-0.3, -0.25) is 0 Å². The molecule has 0 amide bonds. The summed E-state index contributed by atoms with van der Waals surface area (Å²) in [7, 11) is 0. The van der Waals surface area contributed by atoms with Crippen molar-refractivity contribution in [1.29, 1.82) is 0 Å². The fourth-order valence-corrected chi connectivity index (χ4v) is 3.11. The third-order valence-electron chi connectivity index (χ3n) is 5.10. The Kier molecular flexibility index (Phi) is 6.73. The van der Waals surface area contributed by atoms with Crippen LogP contribution in [0.25, 0.3) is 0 Å². The largest absolute Gasteiger partial charge is 0.416 e. The summed E-state index contributed by atoms with van der Waals surface area (Å²) in [5.41, 5.74) is 7.48. The van der Waals surface area contributed by atoms with Crippen molar-refractivity contribution in [3.05, 3.63) is 46.6 Å². The molecule has 1 aromatic heterocycles. The van der Waals surface area contributed by atoms with E-state index in [0.29, 0.717) is 23.8 Å². The van der Waals surface area contributed by atoms with Crippen molar-refractivity contribution in [2.75, 3.05) is 5.73 Å². The molecule has 0 saturated heterocycles. The van der Waals surface area contributed by atoms with E-state index in [0.717, 1.165) is 43.0 Å². The van der Waals surface area contributed by atoms with Crippen LogP contribution in [0, 0.1) is 12.8 Å². The van der Waals surface area contributed by atoms with Gasteiger partial charge in [0, 0.05) is 12.0 Å². The Morgan fingerprint density at radius 2 is 1.88 bits per heavy atom. The van der Waals surface area contributed by atoms with E-state index in [1.54, 1.807) is 19.1 Å². The van der Waals surface area contributed by atoms with Gasteiger partial charge in [0.15, 0.2) is 0 Å². The van der Waals surface area contributed by atoms with Crippen LogP contribution < -0.4 is 5.73 Å². The molecule has 144 valence electrons. The lowest BCUT2D eigenvalue weighted by molar-refractivity contribution is -0.137. The maximum absolute atomic E-state index is 12.8. The summed E-state index contributed by atoms with van der Waals surface area (Å²) < 4.78 is 43.5. The molecule has 0 fully saturated rings. The van der Waals surface area contributed by atoms with Gasteiger partial charge in [0.2, 0.25) is 5.88 Å². The number of hydrogen-bond donors (Lipinski definition) is 1. The molecule has 1 aromatic carbocycles. The van der Waals surface area contributed by atoms with Gasteiger partial charge in [0.1, 0.15) is 0 Å². The van der Waals surface area contributed by atoms with Crippen molar-refractivity contribution in [2.24, 2.45) is 5.92 Å². The zero-order chi connectivity index (χ0) is 19.3. The van der Waals surface area contributed by atoms with Gasteiger partial charge in [-0.25, -0.2) is 0 Å².